The summed E-state index contributed by atoms with van der Waals surface area (Å²) in [5.74, 6) is 0. The SMILES string of the molecule is CC(C)OC(CO)CCO. The fraction of sp³-hybridized carbons (Fsp3) is 1.00. The lowest BCUT2D eigenvalue weighted by molar-refractivity contribution is -0.0337. The maximum absolute atomic E-state index is 8.67. The summed E-state index contributed by atoms with van der Waals surface area (Å²) in [5.41, 5.74) is 0. The van der Waals surface area contributed by atoms with Crippen molar-refractivity contribution < 1.29 is 14.9 Å². The standard InChI is InChI=1S/C7H16O3/c1-6(2)10-7(5-9)3-4-8/h6-9H,3-5H2,1-2H3. The van der Waals surface area contributed by atoms with E-state index in [4.69, 9.17) is 14.9 Å². The Morgan fingerprint density at radius 3 is 2.20 bits per heavy atom. The molecule has 0 rings (SSSR count). The number of rotatable bonds is 5. The fourth-order valence-corrected chi connectivity index (χ4v) is 0.731. The zero-order chi connectivity index (χ0) is 7.98. The van der Waals surface area contributed by atoms with Gasteiger partial charge in [0.25, 0.3) is 0 Å². The monoisotopic (exact) mass is 148 g/mol. The first-order valence-corrected chi connectivity index (χ1v) is 3.58. The highest BCUT2D eigenvalue weighted by Gasteiger charge is 2.07. The molecule has 3 nitrogen and oxygen atoms in total. The van der Waals surface area contributed by atoms with Gasteiger partial charge in [-0.15, -0.1) is 0 Å². The van der Waals surface area contributed by atoms with Crippen molar-refractivity contribution in [1.82, 2.24) is 0 Å². The lowest BCUT2D eigenvalue weighted by Crippen LogP contribution is -2.22. The van der Waals surface area contributed by atoms with Gasteiger partial charge in [-0.3, -0.25) is 0 Å². The second-order valence-electron chi connectivity index (χ2n) is 2.50. The first kappa shape index (κ1) is 9.88. The second-order valence-corrected chi connectivity index (χ2v) is 2.50. The smallest absolute Gasteiger partial charge is 0.0831 e. The van der Waals surface area contributed by atoms with Crippen molar-refractivity contribution in [2.75, 3.05) is 13.2 Å². The van der Waals surface area contributed by atoms with Crippen LogP contribution in [-0.4, -0.2) is 35.6 Å². The van der Waals surface area contributed by atoms with E-state index in [2.05, 4.69) is 0 Å². The molecule has 0 aliphatic carbocycles. The van der Waals surface area contributed by atoms with Gasteiger partial charge >= 0.3 is 0 Å². The molecule has 0 aliphatic heterocycles. The second kappa shape index (κ2) is 5.65. The van der Waals surface area contributed by atoms with E-state index in [9.17, 15) is 0 Å². The summed E-state index contributed by atoms with van der Waals surface area (Å²) in [4.78, 5) is 0. The van der Waals surface area contributed by atoms with Crippen LogP contribution in [0.3, 0.4) is 0 Å². The molecule has 0 saturated carbocycles. The van der Waals surface area contributed by atoms with E-state index in [1.165, 1.54) is 0 Å². The molecule has 0 radical (unpaired) electrons. The molecule has 0 heterocycles. The highest BCUT2D eigenvalue weighted by Crippen LogP contribution is 2.00. The molecular weight excluding hydrogens is 132 g/mol. The minimum Gasteiger partial charge on any atom is -0.396 e. The van der Waals surface area contributed by atoms with Gasteiger partial charge in [-0.1, -0.05) is 0 Å². The van der Waals surface area contributed by atoms with Gasteiger partial charge in [0.2, 0.25) is 0 Å². The Hall–Kier alpha value is -0.120. The largest absolute Gasteiger partial charge is 0.396 e. The Balaban J connectivity index is 3.39. The molecule has 3 heteroatoms. The van der Waals surface area contributed by atoms with Crippen LogP contribution in [0.4, 0.5) is 0 Å². The van der Waals surface area contributed by atoms with Crippen LogP contribution in [0, 0.1) is 0 Å². The van der Waals surface area contributed by atoms with Crippen molar-refractivity contribution in [2.24, 2.45) is 0 Å². The molecule has 1 atom stereocenters. The number of ether oxygens (including phenoxy) is 1. The highest BCUT2D eigenvalue weighted by molar-refractivity contribution is 4.55. The average Bonchev–Trinajstić information content (AvgIpc) is 1.86. The Morgan fingerprint density at radius 2 is 1.90 bits per heavy atom. The molecule has 0 fully saturated rings. The van der Waals surface area contributed by atoms with Crippen LogP contribution in [-0.2, 0) is 4.74 Å². The Bertz CT molecular complexity index is 73.3. The lowest BCUT2D eigenvalue weighted by atomic mass is 10.3. The van der Waals surface area contributed by atoms with Gasteiger partial charge in [-0.25, -0.2) is 0 Å². The van der Waals surface area contributed by atoms with Crippen LogP contribution in [0.1, 0.15) is 20.3 Å². The van der Waals surface area contributed by atoms with E-state index < -0.39 is 0 Å². The van der Waals surface area contributed by atoms with Crippen molar-refractivity contribution in [3.63, 3.8) is 0 Å². The van der Waals surface area contributed by atoms with Crippen LogP contribution in [0.25, 0.3) is 0 Å². The van der Waals surface area contributed by atoms with Gasteiger partial charge in [0, 0.05) is 6.61 Å². The summed E-state index contributed by atoms with van der Waals surface area (Å²) < 4.78 is 5.23. The van der Waals surface area contributed by atoms with Crippen molar-refractivity contribution in [2.45, 2.75) is 32.5 Å². The minimum absolute atomic E-state index is 0.0151. The molecule has 0 spiro atoms. The van der Waals surface area contributed by atoms with Gasteiger partial charge < -0.3 is 14.9 Å². The molecular formula is C7H16O3. The van der Waals surface area contributed by atoms with Crippen LogP contribution in [0.15, 0.2) is 0 Å². The topological polar surface area (TPSA) is 49.7 Å². The van der Waals surface area contributed by atoms with E-state index in [-0.39, 0.29) is 25.4 Å². The van der Waals surface area contributed by atoms with Crippen molar-refractivity contribution in [1.29, 1.82) is 0 Å². The third-order valence-corrected chi connectivity index (χ3v) is 1.12. The van der Waals surface area contributed by atoms with Gasteiger partial charge in [-0.2, -0.15) is 0 Å². The van der Waals surface area contributed by atoms with E-state index >= 15 is 0 Å². The van der Waals surface area contributed by atoms with Crippen LogP contribution >= 0.6 is 0 Å². The van der Waals surface area contributed by atoms with Crippen molar-refractivity contribution >= 4 is 0 Å². The first-order chi connectivity index (χ1) is 4.70. The number of aliphatic hydroxyl groups excluding tert-OH is 2. The van der Waals surface area contributed by atoms with E-state index in [0.717, 1.165) is 0 Å². The van der Waals surface area contributed by atoms with Gasteiger partial charge in [0.1, 0.15) is 0 Å². The Morgan fingerprint density at radius 1 is 1.30 bits per heavy atom. The normalized spacial score (nSPS) is 14.1. The first-order valence-electron chi connectivity index (χ1n) is 3.58. The summed E-state index contributed by atoms with van der Waals surface area (Å²) in [7, 11) is 0. The fourth-order valence-electron chi connectivity index (χ4n) is 0.731. The number of hydrogen-bond donors (Lipinski definition) is 2. The minimum atomic E-state index is -0.204. The van der Waals surface area contributed by atoms with Crippen LogP contribution in [0.5, 0.6) is 0 Å². The molecule has 0 aromatic rings. The Kier molecular flexibility index (Phi) is 5.58. The predicted octanol–water partition coefficient (Wildman–Crippen LogP) is 0.155. The summed E-state index contributed by atoms with van der Waals surface area (Å²) in [5, 5.41) is 17.2. The van der Waals surface area contributed by atoms with E-state index in [1.807, 2.05) is 13.8 Å². The zero-order valence-corrected chi connectivity index (χ0v) is 6.58. The van der Waals surface area contributed by atoms with Gasteiger partial charge in [0.05, 0.1) is 18.8 Å². The van der Waals surface area contributed by atoms with Gasteiger partial charge in [0.15, 0.2) is 0 Å². The Labute approximate surface area is 61.6 Å². The summed E-state index contributed by atoms with van der Waals surface area (Å²) in [6.07, 6.45) is 0.419. The average molecular weight is 148 g/mol. The zero-order valence-electron chi connectivity index (χ0n) is 6.58. The molecule has 1 unspecified atom stereocenters. The molecule has 10 heavy (non-hydrogen) atoms. The third kappa shape index (κ3) is 4.73. The molecule has 2 N–H and O–H groups in total. The molecule has 0 aromatic carbocycles. The van der Waals surface area contributed by atoms with Crippen molar-refractivity contribution in [3.05, 3.63) is 0 Å². The van der Waals surface area contributed by atoms with Crippen LogP contribution in [0.2, 0.25) is 0 Å². The molecule has 0 aliphatic rings. The number of aliphatic hydroxyl groups is 2. The molecule has 0 amide bonds. The lowest BCUT2D eigenvalue weighted by Gasteiger charge is -2.16. The molecule has 0 saturated heterocycles. The molecule has 0 aromatic heterocycles. The summed E-state index contributed by atoms with van der Waals surface area (Å²) in [6, 6.07) is 0. The maximum atomic E-state index is 8.67. The maximum Gasteiger partial charge on any atom is 0.0831 e. The van der Waals surface area contributed by atoms with E-state index in [1.54, 1.807) is 0 Å². The quantitative estimate of drug-likeness (QED) is 0.583. The molecule has 62 valence electrons. The summed E-state index contributed by atoms with van der Waals surface area (Å²) in [6.45, 7) is 3.86. The predicted molar refractivity (Wildman–Crippen MR) is 38.8 cm³/mol. The summed E-state index contributed by atoms with van der Waals surface area (Å²) >= 11 is 0. The van der Waals surface area contributed by atoms with Crippen molar-refractivity contribution in [3.8, 4) is 0 Å². The third-order valence-electron chi connectivity index (χ3n) is 1.12. The van der Waals surface area contributed by atoms with E-state index in [0.29, 0.717) is 6.42 Å². The molecule has 0 bridgehead atoms. The highest BCUT2D eigenvalue weighted by atomic mass is 16.5. The van der Waals surface area contributed by atoms with Crippen LogP contribution < -0.4 is 0 Å². The van der Waals surface area contributed by atoms with Gasteiger partial charge in [-0.05, 0) is 20.3 Å². The number of hydrogen-bond acceptors (Lipinski definition) is 3.